The third-order valence-corrected chi connectivity index (χ3v) is 3.46. The molecule has 0 saturated carbocycles. The van der Waals surface area contributed by atoms with Crippen LogP contribution in [0, 0.1) is 0 Å². The number of nitrogens with one attached hydrogen (secondary N) is 1. The largest absolute Gasteiger partial charge is 0.398 e. The Morgan fingerprint density at radius 2 is 1.82 bits per heavy atom. The number of anilines is 1. The number of rotatable bonds is 3. The Kier molecular flexibility index (Phi) is 3.31. The summed E-state index contributed by atoms with van der Waals surface area (Å²) >= 11 is 0. The van der Waals surface area contributed by atoms with E-state index in [0.29, 0.717) is 28.3 Å². The van der Waals surface area contributed by atoms with Gasteiger partial charge in [-0.2, -0.15) is 0 Å². The van der Waals surface area contributed by atoms with E-state index in [1.165, 1.54) is 12.1 Å². The van der Waals surface area contributed by atoms with Crippen LogP contribution < -0.4 is 11.3 Å². The lowest BCUT2D eigenvalue weighted by molar-refractivity contribution is 0.103. The molecular weight excluding hydrogens is 280 g/mol. The zero-order valence-corrected chi connectivity index (χ0v) is 11.5. The van der Waals surface area contributed by atoms with E-state index < -0.39 is 5.56 Å². The second-order valence-electron chi connectivity index (χ2n) is 4.89. The molecule has 0 aliphatic rings. The zero-order chi connectivity index (χ0) is 15.7. The molecule has 22 heavy (non-hydrogen) atoms. The number of hydrogen-bond acceptors (Lipinski definition) is 4. The number of carbonyl (C=O) groups excluding carboxylic acids is 2. The van der Waals surface area contributed by atoms with E-state index in [4.69, 9.17) is 5.73 Å². The Bertz CT molecular complexity index is 943. The van der Waals surface area contributed by atoms with Gasteiger partial charge in [0, 0.05) is 16.8 Å². The van der Waals surface area contributed by atoms with Crippen LogP contribution in [0.2, 0.25) is 0 Å². The maximum Gasteiger partial charge on any atom is 0.259 e. The molecule has 5 nitrogen and oxygen atoms in total. The molecular formula is C17H12N2O3. The fraction of sp³-hybridized carbons (Fsp3) is 0. The van der Waals surface area contributed by atoms with Gasteiger partial charge in [0.25, 0.3) is 5.56 Å². The van der Waals surface area contributed by atoms with Crippen LogP contribution in [0.4, 0.5) is 5.69 Å². The molecule has 0 bridgehead atoms. The number of benzene rings is 2. The van der Waals surface area contributed by atoms with Crippen molar-refractivity contribution in [3.8, 4) is 0 Å². The molecule has 0 fully saturated rings. The minimum absolute atomic E-state index is 0.0281. The van der Waals surface area contributed by atoms with Crippen molar-refractivity contribution in [2.75, 3.05) is 5.73 Å². The van der Waals surface area contributed by atoms with Crippen molar-refractivity contribution >= 4 is 28.7 Å². The van der Waals surface area contributed by atoms with E-state index in [1.807, 2.05) is 0 Å². The van der Waals surface area contributed by atoms with E-state index in [0.717, 1.165) is 0 Å². The maximum absolute atomic E-state index is 12.4. The van der Waals surface area contributed by atoms with Gasteiger partial charge in [-0.25, -0.2) is 0 Å². The monoisotopic (exact) mass is 292 g/mol. The number of aromatic amines is 1. The quantitative estimate of drug-likeness (QED) is 0.439. The highest BCUT2D eigenvalue weighted by Gasteiger charge is 2.14. The molecule has 1 aromatic heterocycles. The van der Waals surface area contributed by atoms with Gasteiger partial charge in [0.05, 0.1) is 11.1 Å². The van der Waals surface area contributed by atoms with E-state index in [9.17, 15) is 14.4 Å². The number of nitrogens with two attached hydrogens (primary N) is 1. The van der Waals surface area contributed by atoms with E-state index in [2.05, 4.69) is 4.98 Å². The van der Waals surface area contributed by atoms with Gasteiger partial charge in [-0.1, -0.05) is 30.3 Å². The van der Waals surface area contributed by atoms with E-state index in [1.54, 1.807) is 36.4 Å². The molecule has 3 aromatic rings. The summed E-state index contributed by atoms with van der Waals surface area (Å²) in [5.41, 5.74) is 6.77. The molecule has 0 aliphatic heterocycles. The SMILES string of the molecule is Nc1cc2[nH]c(=O)c(C(=O)c3ccccc3)cc2cc1C=O. The molecule has 3 rings (SSSR count). The van der Waals surface area contributed by atoms with Crippen LogP contribution in [0.5, 0.6) is 0 Å². The van der Waals surface area contributed by atoms with Crippen molar-refractivity contribution in [3.63, 3.8) is 0 Å². The van der Waals surface area contributed by atoms with Gasteiger partial charge < -0.3 is 10.7 Å². The van der Waals surface area contributed by atoms with Gasteiger partial charge >= 0.3 is 0 Å². The number of nitrogen functional groups attached to an aromatic ring is 1. The predicted molar refractivity (Wildman–Crippen MR) is 84.2 cm³/mol. The van der Waals surface area contributed by atoms with Crippen LogP contribution >= 0.6 is 0 Å². The molecule has 3 N–H and O–H groups in total. The molecule has 0 radical (unpaired) electrons. The van der Waals surface area contributed by atoms with Crippen molar-refractivity contribution in [2.24, 2.45) is 0 Å². The van der Waals surface area contributed by atoms with Gasteiger partial charge in [-0.3, -0.25) is 14.4 Å². The van der Waals surface area contributed by atoms with Gasteiger partial charge in [0.1, 0.15) is 0 Å². The fourth-order valence-corrected chi connectivity index (χ4v) is 2.30. The molecule has 0 atom stereocenters. The first-order valence-corrected chi connectivity index (χ1v) is 6.61. The Labute approximate surface area is 125 Å². The van der Waals surface area contributed by atoms with Crippen LogP contribution in [0.1, 0.15) is 26.3 Å². The third kappa shape index (κ3) is 2.29. The van der Waals surface area contributed by atoms with Gasteiger partial charge in [0.15, 0.2) is 12.1 Å². The summed E-state index contributed by atoms with van der Waals surface area (Å²) in [5.74, 6) is -0.367. The fourth-order valence-electron chi connectivity index (χ4n) is 2.30. The second kappa shape index (κ2) is 5.29. The van der Waals surface area contributed by atoms with E-state index in [-0.39, 0.29) is 17.0 Å². The van der Waals surface area contributed by atoms with Crippen LogP contribution in [0.3, 0.4) is 0 Å². The summed E-state index contributed by atoms with van der Waals surface area (Å²) in [5, 5.41) is 0.579. The first kappa shape index (κ1) is 13.8. The number of aromatic nitrogens is 1. The second-order valence-corrected chi connectivity index (χ2v) is 4.89. The maximum atomic E-state index is 12.4. The van der Waals surface area contributed by atoms with Gasteiger partial charge in [0.2, 0.25) is 0 Å². The number of carbonyl (C=O) groups is 2. The van der Waals surface area contributed by atoms with Crippen molar-refractivity contribution in [1.29, 1.82) is 0 Å². The zero-order valence-electron chi connectivity index (χ0n) is 11.5. The highest BCUT2D eigenvalue weighted by atomic mass is 16.1. The Morgan fingerprint density at radius 3 is 2.50 bits per heavy atom. The number of pyridine rings is 1. The number of hydrogen-bond donors (Lipinski definition) is 2. The molecule has 0 spiro atoms. The van der Waals surface area contributed by atoms with Crippen LogP contribution in [0.25, 0.3) is 10.9 Å². The average Bonchev–Trinajstić information content (AvgIpc) is 2.54. The summed E-state index contributed by atoms with van der Waals surface area (Å²) in [4.78, 5) is 38.1. The highest BCUT2D eigenvalue weighted by molar-refractivity contribution is 6.10. The van der Waals surface area contributed by atoms with Gasteiger partial charge in [-0.15, -0.1) is 0 Å². The van der Waals surface area contributed by atoms with Crippen molar-refractivity contribution < 1.29 is 9.59 Å². The average molecular weight is 292 g/mol. The molecule has 0 amide bonds. The Morgan fingerprint density at radius 1 is 1.09 bits per heavy atom. The summed E-state index contributed by atoms with van der Waals surface area (Å²) in [7, 11) is 0. The number of H-pyrrole nitrogens is 1. The lowest BCUT2D eigenvalue weighted by Gasteiger charge is -2.05. The molecule has 5 heteroatoms. The smallest absolute Gasteiger partial charge is 0.259 e. The molecule has 108 valence electrons. The predicted octanol–water partition coefficient (Wildman–Crippen LogP) is 2.15. The van der Waals surface area contributed by atoms with Gasteiger partial charge in [-0.05, 0) is 23.6 Å². The molecule has 0 aliphatic carbocycles. The van der Waals surface area contributed by atoms with Crippen LogP contribution in [-0.4, -0.2) is 17.1 Å². The summed E-state index contributed by atoms with van der Waals surface area (Å²) in [6.45, 7) is 0. The first-order chi connectivity index (χ1) is 10.6. The minimum atomic E-state index is -0.486. The summed E-state index contributed by atoms with van der Waals surface area (Å²) < 4.78 is 0. The molecule has 0 saturated heterocycles. The minimum Gasteiger partial charge on any atom is -0.398 e. The molecule has 2 aromatic carbocycles. The summed E-state index contributed by atoms with van der Waals surface area (Å²) in [6.07, 6.45) is 0.637. The normalized spacial score (nSPS) is 10.5. The third-order valence-electron chi connectivity index (χ3n) is 3.46. The van der Waals surface area contributed by atoms with Crippen LogP contribution in [-0.2, 0) is 0 Å². The standard InChI is InChI=1S/C17H12N2O3/c18-14-8-15-11(6-12(14)9-20)7-13(17(22)19-15)16(21)10-4-2-1-3-5-10/h1-9H,18H2,(H,19,22). The Balaban J connectivity index is 2.21. The van der Waals surface area contributed by atoms with Crippen LogP contribution in [0.15, 0.2) is 53.3 Å². The van der Waals surface area contributed by atoms with Crippen molar-refractivity contribution in [2.45, 2.75) is 0 Å². The lowest BCUT2D eigenvalue weighted by atomic mass is 10.0. The lowest BCUT2D eigenvalue weighted by Crippen LogP contribution is -2.18. The molecule has 0 unspecified atom stereocenters. The summed E-state index contributed by atoms with van der Waals surface area (Å²) in [6, 6.07) is 13.1. The number of ketones is 1. The molecule has 1 heterocycles. The van der Waals surface area contributed by atoms with Crippen molar-refractivity contribution in [1.82, 2.24) is 4.98 Å². The van der Waals surface area contributed by atoms with Crippen molar-refractivity contribution in [3.05, 3.63) is 75.6 Å². The van der Waals surface area contributed by atoms with E-state index >= 15 is 0 Å². The Hall–Kier alpha value is -3.21. The first-order valence-electron chi connectivity index (χ1n) is 6.61. The topological polar surface area (TPSA) is 93.0 Å². The number of fused-ring (bicyclic) bond motifs is 1. The number of aldehydes is 1. The highest BCUT2D eigenvalue weighted by Crippen LogP contribution is 2.19.